The Balaban J connectivity index is 1.53. The van der Waals surface area contributed by atoms with E-state index in [1.807, 2.05) is 13.0 Å². The molecule has 1 heterocycles. The summed E-state index contributed by atoms with van der Waals surface area (Å²) in [5.74, 6) is -1.67. The van der Waals surface area contributed by atoms with Gasteiger partial charge in [0.1, 0.15) is 11.4 Å². The van der Waals surface area contributed by atoms with Gasteiger partial charge in [-0.15, -0.1) is 5.10 Å². The van der Waals surface area contributed by atoms with Crippen molar-refractivity contribution in [1.82, 2.24) is 5.32 Å². The topological polar surface area (TPSA) is 100 Å². The first kappa shape index (κ1) is 38.8. The van der Waals surface area contributed by atoms with E-state index in [2.05, 4.69) is 69.4 Å². The van der Waals surface area contributed by atoms with E-state index in [4.69, 9.17) is 62.7 Å². The maximum Gasteiger partial charge on any atom is 0.291 e. The predicted octanol–water partition coefficient (Wildman–Crippen LogP) is 10.1. The van der Waals surface area contributed by atoms with Gasteiger partial charge in [-0.25, -0.2) is 0 Å². The van der Waals surface area contributed by atoms with E-state index >= 15 is 0 Å². The van der Waals surface area contributed by atoms with Crippen LogP contribution in [0, 0.1) is 0 Å². The molecule has 0 spiro atoms. The van der Waals surface area contributed by atoms with Gasteiger partial charge in [0.25, 0.3) is 22.1 Å². The Morgan fingerprint density at radius 1 is 0.898 bits per heavy atom. The number of nitrogens with one attached hydrogen (secondary N) is 2. The van der Waals surface area contributed by atoms with Crippen molar-refractivity contribution in [2.75, 3.05) is 10.3 Å². The highest BCUT2D eigenvalue weighted by Gasteiger charge is 2.51. The number of hydrogen-bond donors (Lipinski definition) is 2. The fraction of sp³-hybridized carbons (Fsp3) is 0.389. The summed E-state index contributed by atoms with van der Waals surface area (Å²) in [5, 5.41) is 10.6. The third-order valence-corrected chi connectivity index (χ3v) is 10.4. The number of amides is 3. The van der Waals surface area contributed by atoms with Gasteiger partial charge in [0.15, 0.2) is 11.9 Å². The SMILES string of the molecule is CCC(Oc1ccc(C(C)(C)CC)cc1C(C)(C)CC)C(=O)Nc1cccc(C(=O)NC2=NN(c3c(Cl)cc(Cl)cc3Cl)C(=O)C2(Cl)Cl)c1. The van der Waals surface area contributed by atoms with E-state index in [0.29, 0.717) is 17.9 Å². The smallest absolute Gasteiger partial charge is 0.291 e. The Bertz CT molecular complexity index is 1780. The average Bonchev–Trinajstić information content (AvgIpc) is 3.26. The minimum absolute atomic E-state index is 0.00353. The van der Waals surface area contributed by atoms with E-state index < -0.39 is 22.3 Å². The van der Waals surface area contributed by atoms with Gasteiger partial charge in [-0.05, 0) is 72.1 Å². The number of rotatable bonds is 11. The second kappa shape index (κ2) is 15.1. The molecule has 0 saturated carbocycles. The molecule has 1 aliphatic heterocycles. The molecule has 0 bridgehead atoms. The normalized spacial score (nSPS) is 15.1. The lowest BCUT2D eigenvalue weighted by Gasteiger charge is -2.31. The molecule has 0 aliphatic carbocycles. The Kier molecular flexibility index (Phi) is 11.9. The highest BCUT2D eigenvalue weighted by atomic mass is 35.5. The number of amidine groups is 1. The van der Waals surface area contributed by atoms with Crippen molar-refractivity contribution in [2.24, 2.45) is 5.10 Å². The Morgan fingerprint density at radius 2 is 1.53 bits per heavy atom. The molecular formula is C36H39Cl5N4O4. The first-order chi connectivity index (χ1) is 22.9. The molecule has 3 aromatic rings. The van der Waals surface area contributed by atoms with Crippen molar-refractivity contribution in [3.8, 4) is 5.75 Å². The highest BCUT2D eigenvalue weighted by molar-refractivity contribution is 6.71. The third-order valence-electron chi connectivity index (χ3n) is 8.97. The zero-order valence-electron chi connectivity index (χ0n) is 28.3. The highest BCUT2D eigenvalue weighted by Crippen LogP contribution is 2.42. The van der Waals surface area contributed by atoms with Gasteiger partial charge in [-0.2, -0.15) is 5.01 Å². The van der Waals surface area contributed by atoms with E-state index in [1.165, 1.54) is 29.8 Å². The molecule has 49 heavy (non-hydrogen) atoms. The summed E-state index contributed by atoms with van der Waals surface area (Å²) < 4.78 is 4.13. The Morgan fingerprint density at radius 3 is 2.12 bits per heavy atom. The number of alkyl halides is 2. The van der Waals surface area contributed by atoms with Crippen molar-refractivity contribution >= 4 is 92.9 Å². The number of halogens is 5. The number of carbonyl (C=O) groups excluding carboxylic acids is 3. The summed E-state index contributed by atoms with van der Waals surface area (Å²) in [4.78, 5) is 39.9. The minimum atomic E-state index is -2.25. The van der Waals surface area contributed by atoms with Crippen LogP contribution in [0.2, 0.25) is 15.1 Å². The number of benzene rings is 3. The first-order valence-corrected chi connectivity index (χ1v) is 17.7. The fourth-order valence-electron chi connectivity index (χ4n) is 5.03. The summed E-state index contributed by atoms with van der Waals surface area (Å²) in [6, 6.07) is 15.2. The molecule has 1 atom stereocenters. The van der Waals surface area contributed by atoms with Gasteiger partial charge in [0.2, 0.25) is 0 Å². The summed E-state index contributed by atoms with van der Waals surface area (Å²) >= 11 is 31.2. The summed E-state index contributed by atoms with van der Waals surface area (Å²) in [7, 11) is 0. The van der Waals surface area contributed by atoms with Gasteiger partial charge < -0.3 is 15.4 Å². The lowest BCUT2D eigenvalue weighted by Crippen LogP contribution is -2.44. The number of hydrazone groups is 1. The fourth-order valence-corrected chi connectivity index (χ4v) is 6.34. The van der Waals surface area contributed by atoms with Crippen LogP contribution in [0.25, 0.3) is 0 Å². The third kappa shape index (κ3) is 8.32. The molecule has 0 saturated heterocycles. The second-order valence-electron chi connectivity index (χ2n) is 13.1. The molecule has 3 aromatic carbocycles. The molecular weight excluding hydrogens is 730 g/mol. The monoisotopic (exact) mass is 766 g/mol. The van der Waals surface area contributed by atoms with E-state index in [9.17, 15) is 14.4 Å². The Hall–Kier alpha value is -3.01. The van der Waals surface area contributed by atoms with E-state index in [0.717, 1.165) is 23.4 Å². The van der Waals surface area contributed by atoms with Gasteiger partial charge in [0.05, 0.1) is 10.0 Å². The zero-order valence-corrected chi connectivity index (χ0v) is 32.1. The number of hydrogen-bond acceptors (Lipinski definition) is 5. The lowest BCUT2D eigenvalue weighted by molar-refractivity contribution is -0.123. The molecule has 4 rings (SSSR count). The second-order valence-corrected chi connectivity index (χ2v) is 15.7. The molecule has 3 amide bonds. The van der Waals surface area contributed by atoms with Crippen molar-refractivity contribution in [3.63, 3.8) is 0 Å². The average molecular weight is 769 g/mol. The van der Waals surface area contributed by atoms with Gasteiger partial charge in [-0.1, -0.05) is 125 Å². The molecule has 0 radical (unpaired) electrons. The van der Waals surface area contributed by atoms with Crippen LogP contribution in [0.4, 0.5) is 11.4 Å². The van der Waals surface area contributed by atoms with E-state index in [-0.39, 0.29) is 48.9 Å². The predicted molar refractivity (Wildman–Crippen MR) is 201 cm³/mol. The zero-order chi connectivity index (χ0) is 36.5. The number of ether oxygens (including phenoxy) is 1. The Labute approximate surface area is 312 Å². The van der Waals surface area contributed by atoms with Crippen LogP contribution in [0.5, 0.6) is 5.75 Å². The van der Waals surface area contributed by atoms with Crippen LogP contribution in [0.15, 0.2) is 59.7 Å². The first-order valence-electron chi connectivity index (χ1n) is 15.9. The quantitative estimate of drug-likeness (QED) is 0.190. The van der Waals surface area contributed by atoms with Crippen molar-refractivity contribution in [1.29, 1.82) is 0 Å². The lowest BCUT2D eigenvalue weighted by atomic mass is 9.76. The standard InChI is InChI=1S/C36H39Cl5N4O4/c1-8-27(49-28-15-14-21(34(4,5)9-2)17-24(28)35(6,7)10-3)31(47)42-23-13-11-12-20(16-23)30(46)43-32-36(40,41)33(48)45(44-32)29-25(38)18-22(37)19-26(29)39/h11-19,27H,8-10H2,1-7H3,(H,42,47)(H,43,44,46). The molecule has 1 unspecified atom stereocenters. The van der Waals surface area contributed by atoms with Crippen LogP contribution in [-0.4, -0.2) is 34.0 Å². The van der Waals surface area contributed by atoms with Gasteiger partial charge in [-0.3, -0.25) is 14.4 Å². The van der Waals surface area contributed by atoms with Crippen LogP contribution in [-0.2, 0) is 20.4 Å². The molecule has 8 nitrogen and oxygen atoms in total. The molecule has 13 heteroatoms. The molecule has 1 aliphatic rings. The maximum atomic E-state index is 13.5. The van der Waals surface area contributed by atoms with Crippen molar-refractivity contribution in [2.45, 2.75) is 89.0 Å². The molecule has 0 fully saturated rings. The van der Waals surface area contributed by atoms with Crippen LogP contribution < -0.4 is 20.4 Å². The van der Waals surface area contributed by atoms with Crippen molar-refractivity contribution < 1.29 is 19.1 Å². The number of nitrogens with zero attached hydrogens (tertiary/aromatic N) is 2. The minimum Gasteiger partial charge on any atom is -0.480 e. The maximum absolute atomic E-state index is 13.5. The van der Waals surface area contributed by atoms with Crippen LogP contribution in [0.1, 0.15) is 89.2 Å². The molecule has 2 N–H and O–H groups in total. The summed E-state index contributed by atoms with van der Waals surface area (Å²) in [6.45, 7) is 14.9. The summed E-state index contributed by atoms with van der Waals surface area (Å²) in [6.07, 6.45) is 1.46. The van der Waals surface area contributed by atoms with Gasteiger partial charge >= 0.3 is 0 Å². The van der Waals surface area contributed by atoms with Crippen LogP contribution >= 0.6 is 58.0 Å². The largest absolute Gasteiger partial charge is 0.480 e. The van der Waals surface area contributed by atoms with Crippen molar-refractivity contribution in [3.05, 3.63) is 86.4 Å². The van der Waals surface area contributed by atoms with Crippen LogP contribution in [0.3, 0.4) is 0 Å². The molecule has 0 aromatic heterocycles. The van der Waals surface area contributed by atoms with E-state index in [1.54, 1.807) is 12.1 Å². The number of anilines is 2. The van der Waals surface area contributed by atoms with Gasteiger partial charge in [0, 0.05) is 21.8 Å². The summed E-state index contributed by atoms with van der Waals surface area (Å²) in [5.41, 5.74) is 2.54. The molecule has 262 valence electrons. The number of carbonyl (C=O) groups is 3.